The van der Waals surface area contributed by atoms with Crippen LogP contribution in [-0.4, -0.2) is 48.3 Å². The summed E-state index contributed by atoms with van der Waals surface area (Å²) in [5, 5.41) is 13.4. The van der Waals surface area contributed by atoms with Crippen LogP contribution < -0.4 is 10.1 Å². The van der Waals surface area contributed by atoms with E-state index in [4.69, 9.17) is 4.74 Å². The highest BCUT2D eigenvalue weighted by Gasteiger charge is 2.18. The van der Waals surface area contributed by atoms with Crippen molar-refractivity contribution in [2.75, 3.05) is 31.6 Å². The Morgan fingerprint density at radius 2 is 1.68 bits per heavy atom. The molecule has 0 aliphatic carbocycles. The monoisotopic (exact) mass is 384 g/mol. The normalized spacial score (nSPS) is 12.2. The minimum atomic E-state index is -0.674. The molecule has 0 heterocycles. The zero-order valence-electron chi connectivity index (χ0n) is 17.3. The van der Waals surface area contributed by atoms with Crippen molar-refractivity contribution in [1.82, 2.24) is 4.90 Å². The van der Waals surface area contributed by atoms with Crippen LogP contribution in [0, 0.1) is 19.8 Å². The van der Waals surface area contributed by atoms with Crippen molar-refractivity contribution < 1.29 is 14.6 Å². The Hall–Kier alpha value is -2.37. The second-order valence-corrected chi connectivity index (χ2v) is 7.68. The van der Waals surface area contributed by atoms with Gasteiger partial charge in [0.15, 0.2) is 0 Å². The van der Waals surface area contributed by atoms with Gasteiger partial charge in [-0.1, -0.05) is 50.2 Å². The summed E-state index contributed by atoms with van der Waals surface area (Å²) in [4.78, 5) is 14.6. The molecule has 152 valence electrons. The molecule has 1 unspecified atom stereocenters. The number of rotatable bonds is 10. The maximum atomic E-state index is 12.6. The maximum absolute atomic E-state index is 12.6. The van der Waals surface area contributed by atoms with Crippen LogP contribution in [0.3, 0.4) is 0 Å². The van der Waals surface area contributed by atoms with Crippen molar-refractivity contribution in [3.63, 3.8) is 0 Å². The number of nitrogens with one attached hydrogen (secondary N) is 1. The summed E-state index contributed by atoms with van der Waals surface area (Å²) in [6, 6.07) is 15.4. The molecule has 0 fully saturated rings. The first-order chi connectivity index (χ1) is 13.3. The molecule has 2 aromatic carbocycles. The summed E-state index contributed by atoms with van der Waals surface area (Å²) in [6.07, 6.45) is -0.674. The second-order valence-electron chi connectivity index (χ2n) is 7.68. The predicted molar refractivity (Wildman–Crippen MR) is 114 cm³/mol. The predicted octanol–water partition coefficient (Wildman–Crippen LogP) is 3.64. The molecular weight excluding hydrogens is 352 g/mol. The number of aliphatic hydroxyl groups is 1. The van der Waals surface area contributed by atoms with E-state index in [9.17, 15) is 9.90 Å². The van der Waals surface area contributed by atoms with Crippen LogP contribution in [0.5, 0.6) is 5.75 Å². The smallest absolute Gasteiger partial charge is 0.238 e. The lowest BCUT2D eigenvalue weighted by Crippen LogP contribution is -2.42. The van der Waals surface area contributed by atoms with Gasteiger partial charge < -0.3 is 15.2 Å². The second kappa shape index (κ2) is 10.8. The largest absolute Gasteiger partial charge is 0.491 e. The van der Waals surface area contributed by atoms with Crippen molar-refractivity contribution in [1.29, 1.82) is 0 Å². The zero-order valence-corrected chi connectivity index (χ0v) is 17.3. The summed E-state index contributed by atoms with van der Waals surface area (Å²) in [7, 11) is 0. The van der Waals surface area contributed by atoms with Crippen LogP contribution in [0.2, 0.25) is 0 Å². The highest BCUT2D eigenvalue weighted by atomic mass is 16.5. The van der Waals surface area contributed by atoms with Gasteiger partial charge >= 0.3 is 0 Å². The fourth-order valence-electron chi connectivity index (χ4n) is 3.17. The molecule has 0 aliphatic heterocycles. The molecule has 0 saturated carbocycles. The van der Waals surface area contributed by atoms with Crippen LogP contribution in [0.15, 0.2) is 48.5 Å². The molecule has 0 aromatic heterocycles. The average Bonchev–Trinajstić information content (AvgIpc) is 2.63. The number of hydrogen-bond donors (Lipinski definition) is 2. The summed E-state index contributed by atoms with van der Waals surface area (Å²) < 4.78 is 5.63. The Morgan fingerprint density at radius 1 is 1.04 bits per heavy atom. The molecule has 2 aromatic rings. The van der Waals surface area contributed by atoms with E-state index in [1.165, 1.54) is 0 Å². The van der Waals surface area contributed by atoms with Crippen LogP contribution in [0.4, 0.5) is 5.69 Å². The molecule has 2 rings (SSSR count). The van der Waals surface area contributed by atoms with Gasteiger partial charge in [0.2, 0.25) is 5.91 Å². The SMILES string of the molecule is Cc1cccc(C)c1NC(=O)CN(CC(C)C)CC(O)COc1ccccc1. The number of amides is 1. The lowest BCUT2D eigenvalue weighted by molar-refractivity contribution is -0.117. The summed E-state index contributed by atoms with van der Waals surface area (Å²) >= 11 is 0. The molecule has 0 saturated heterocycles. The van der Waals surface area contributed by atoms with Crippen molar-refractivity contribution in [3.8, 4) is 5.75 Å². The van der Waals surface area contributed by atoms with E-state index in [-0.39, 0.29) is 19.1 Å². The fourth-order valence-corrected chi connectivity index (χ4v) is 3.17. The van der Waals surface area contributed by atoms with E-state index in [0.717, 1.165) is 29.1 Å². The van der Waals surface area contributed by atoms with E-state index in [0.29, 0.717) is 12.5 Å². The van der Waals surface area contributed by atoms with E-state index in [1.54, 1.807) is 0 Å². The third-order valence-corrected chi connectivity index (χ3v) is 4.39. The lowest BCUT2D eigenvalue weighted by Gasteiger charge is -2.26. The molecule has 5 nitrogen and oxygen atoms in total. The van der Waals surface area contributed by atoms with Crippen LogP contribution in [-0.2, 0) is 4.79 Å². The number of nitrogens with zero attached hydrogens (tertiary/aromatic N) is 1. The lowest BCUT2D eigenvalue weighted by atomic mass is 10.1. The van der Waals surface area contributed by atoms with Gasteiger partial charge in [0.25, 0.3) is 0 Å². The van der Waals surface area contributed by atoms with Gasteiger partial charge in [-0.3, -0.25) is 9.69 Å². The topological polar surface area (TPSA) is 61.8 Å². The number of para-hydroxylation sites is 2. The minimum absolute atomic E-state index is 0.0748. The third kappa shape index (κ3) is 7.33. The molecule has 5 heteroatoms. The molecule has 0 bridgehead atoms. The number of aryl methyl sites for hydroxylation is 2. The molecule has 0 radical (unpaired) electrons. The van der Waals surface area contributed by atoms with Gasteiger partial charge in [-0.2, -0.15) is 0 Å². The first kappa shape index (κ1) is 21.9. The number of hydrogen-bond acceptors (Lipinski definition) is 4. The molecule has 28 heavy (non-hydrogen) atoms. The number of aliphatic hydroxyl groups excluding tert-OH is 1. The van der Waals surface area contributed by atoms with Gasteiger partial charge in [0, 0.05) is 18.8 Å². The molecule has 0 aliphatic rings. The van der Waals surface area contributed by atoms with Crippen molar-refractivity contribution in [2.45, 2.75) is 33.8 Å². The molecule has 2 N–H and O–H groups in total. The Bertz CT molecular complexity index is 727. The number of carbonyl (C=O) groups is 1. The number of benzene rings is 2. The first-order valence-electron chi connectivity index (χ1n) is 9.79. The average molecular weight is 385 g/mol. The number of ether oxygens (including phenoxy) is 1. The minimum Gasteiger partial charge on any atom is -0.491 e. The highest BCUT2D eigenvalue weighted by Crippen LogP contribution is 2.19. The summed E-state index contributed by atoms with van der Waals surface area (Å²) in [5.41, 5.74) is 2.95. The molecule has 1 amide bonds. The first-order valence-corrected chi connectivity index (χ1v) is 9.79. The Balaban J connectivity index is 1.91. The molecule has 0 spiro atoms. The van der Waals surface area contributed by atoms with E-state index >= 15 is 0 Å². The van der Waals surface area contributed by atoms with E-state index in [2.05, 4.69) is 19.2 Å². The Labute approximate surface area is 168 Å². The van der Waals surface area contributed by atoms with Gasteiger partial charge in [-0.15, -0.1) is 0 Å². The van der Waals surface area contributed by atoms with Crippen molar-refractivity contribution in [3.05, 3.63) is 59.7 Å². The quantitative estimate of drug-likeness (QED) is 0.657. The Morgan fingerprint density at radius 3 is 2.29 bits per heavy atom. The van der Waals surface area contributed by atoms with Gasteiger partial charge in [0.1, 0.15) is 18.5 Å². The standard InChI is InChI=1S/C23H32N2O3/c1-17(2)13-25(14-20(26)16-28-21-11-6-5-7-12-21)15-22(27)24-23-18(3)9-8-10-19(23)4/h5-12,17,20,26H,13-16H2,1-4H3,(H,24,27). The van der Waals surface area contributed by atoms with Gasteiger partial charge in [-0.05, 0) is 43.0 Å². The van der Waals surface area contributed by atoms with Gasteiger partial charge in [0.05, 0.1) is 6.54 Å². The van der Waals surface area contributed by atoms with E-state index in [1.807, 2.05) is 67.3 Å². The van der Waals surface area contributed by atoms with Gasteiger partial charge in [-0.25, -0.2) is 0 Å². The van der Waals surface area contributed by atoms with Crippen molar-refractivity contribution >= 4 is 11.6 Å². The third-order valence-electron chi connectivity index (χ3n) is 4.39. The molecular formula is C23H32N2O3. The van der Waals surface area contributed by atoms with E-state index < -0.39 is 6.10 Å². The summed E-state index contributed by atoms with van der Waals surface area (Å²) in [5.74, 6) is 1.04. The number of carbonyl (C=O) groups excluding carboxylic acids is 1. The maximum Gasteiger partial charge on any atom is 0.238 e. The summed E-state index contributed by atoms with van der Waals surface area (Å²) in [6.45, 7) is 9.70. The van der Waals surface area contributed by atoms with Crippen LogP contribution in [0.1, 0.15) is 25.0 Å². The van der Waals surface area contributed by atoms with Crippen molar-refractivity contribution in [2.24, 2.45) is 5.92 Å². The highest BCUT2D eigenvalue weighted by molar-refractivity contribution is 5.93. The van der Waals surface area contributed by atoms with Crippen LogP contribution in [0.25, 0.3) is 0 Å². The van der Waals surface area contributed by atoms with Crippen LogP contribution >= 0.6 is 0 Å². The molecule has 1 atom stereocenters. The Kier molecular flexibility index (Phi) is 8.48. The zero-order chi connectivity index (χ0) is 20.5. The number of anilines is 1. The fraction of sp³-hybridized carbons (Fsp3) is 0.435.